The highest BCUT2D eigenvalue weighted by molar-refractivity contribution is 5.29. The highest BCUT2D eigenvalue weighted by atomic mass is 19.2. The average molecular weight is 265 g/mol. The number of aliphatic hydroxyl groups excluding tert-OH is 1. The number of nitrogens with zero attached hydrogens (tertiary/aromatic N) is 1. The summed E-state index contributed by atoms with van der Waals surface area (Å²) in [6, 6.07) is 0. The fraction of sp³-hybridized carbons (Fsp3) is 0.500. The van der Waals surface area contributed by atoms with E-state index in [0.29, 0.717) is 13.1 Å². The van der Waals surface area contributed by atoms with E-state index in [0.717, 1.165) is 0 Å². The molecule has 0 radical (unpaired) electrons. The number of benzene rings is 1. The molecule has 0 aliphatic heterocycles. The molecular weight excluding hydrogens is 250 g/mol. The molecule has 0 saturated carbocycles. The van der Waals surface area contributed by atoms with Crippen LogP contribution in [0.3, 0.4) is 0 Å². The van der Waals surface area contributed by atoms with Crippen molar-refractivity contribution in [1.82, 2.24) is 4.90 Å². The summed E-state index contributed by atoms with van der Waals surface area (Å²) >= 11 is 0. The average Bonchev–Trinajstić information content (AvgIpc) is 2.38. The van der Waals surface area contributed by atoms with Gasteiger partial charge in [-0.25, -0.2) is 17.6 Å². The molecule has 0 heterocycles. The fourth-order valence-electron chi connectivity index (χ4n) is 1.67. The van der Waals surface area contributed by atoms with Gasteiger partial charge in [-0.2, -0.15) is 0 Å². The lowest BCUT2D eigenvalue weighted by Gasteiger charge is -2.19. The van der Waals surface area contributed by atoms with Crippen molar-refractivity contribution in [2.75, 3.05) is 13.1 Å². The maximum Gasteiger partial charge on any atom is 0.167 e. The third-order valence-electron chi connectivity index (χ3n) is 2.88. The molecule has 0 aromatic heterocycles. The molecule has 0 unspecified atom stereocenters. The number of halogens is 4. The van der Waals surface area contributed by atoms with Crippen LogP contribution in [0.15, 0.2) is 0 Å². The normalized spacial score (nSPS) is 11.3. The van der Waals surface area contributed by atoms with Crippen LogP contribution in [0.25, 0.3) is 0 Å². The minimum Gasteiger partial charge on any atom is -0.391 e. The van der Waals surface area contributed by atoms with E-state index < -0.39 is 41.0 Å². The Morgan fingerprint density at radius 2 is 1.22 bits per heavy atom. The minimum absolute atomic E-state index is 0.218. The van der Waals surface area contributed by atoms with Crippen molar-refractivity contribution in [2.24, 2.45) is 0 Å². The van der Waals surface area contributed by atoms with Gasteiger partial charge in [0.15, 0.2) is 23.3 Å². The summed E-state index contributed by atoms with van der Waals surface area (Å²) in [6.07, 6.45) is 0. The van der Waals surface area contributed by atoms with Crippen LogP contribution in [-0.4, -0.2) is 23.1 Å². The fourth-order valence-corrected chi connectivity index (χ4v) is 1.67. The Morgan fingerprint density at radius 1 is 0.833 bits per heavy atom. The first-order valence-corrected chi connectivity index (χ1v) is 5.64. The van der Waals surface area contributed by atoms with E-state index in [-0.39, 0.29) is 6.54 Å². The van der Waals surface area contributed by atoms with Crippen molar-refractivity contribution in [3.8, 4) is 0 Å². The van der Waals surface area contributed by atoms with Gasteiger partial charge in [-0.15, -0.1) is 0 Å². The highest BCUT2D eigenvalue weighted by Gasteiger charge is 2.25. The first kappa shape index (κ1) is 14.9. The topological polar surface area (TPSA) is 23.5 Å². The number of hydrogen-bond acceptors (Lipinski definition) is 2. The van der Waals surface area contributed by atoms with Crippen molar-refractivity contribution >= 4 is 0 Å². The van der Waals surface area contributed by atoms with E-state index in [9.17, 15) is 17.6 Å². The molecule has 102 valence electrons. The van der Waals surface area contributed by atoms with E-state index >= 15 is 0 Å². The molecule has 1 aromatic carbocycles. The lowest BCUT2D eigenvalue weighted by atomic mass is 10.1. The van der Waals surface area contributed by atoms with Crippen molar-refractivity contribution in [2.45, 2.75) is 27.0 Å². The van der Waals surface area contributed by atoms with Crippen molar-refractivity contribution in [1.29, 1.82) is 0 Å². The molecule has 0 aliphatic rings. The summed E-state index contributed by atoms with van der Waals surface area (Å²) in [5.74, 6) is -5.94. The Balaban J connectivity index is 3.28. The van der Waals surface area contributed by atoms with Gasteiger partial charge < -0.3 is 5.11 Å². The summed E-state index contributed by atoms with van der Waals surface area (Å²) in [7, 11) is 0. The van der Waals surface area contributed by atoms with Gasteiger partial charge in [0.1, 0.15) is 0 Å². The first-order valence-electron chi connectivity index (χ1n) is 5.64. The molecule has 0 saturated heterocycles. The van der Waals surface area contributed by atoms with Crippen LogP contribution in [0.1, 0.15) is 25.0 Å². The predicted octanol–water partition coefficient (Wildman–Crippen LogP) is 2.58. The van der Waals surface area contributed by atoms with E-state index in [2.05, 4.69) is 0 Å². The molecule has 1 rings (SSSR count). The zero-order valence-corrected chi connectivity index (χ0v) is 10.2. The van der Waals surface area contributed by atoms with Gasteiger partial charge in [0.05, 0.1) is 12.2 Å². The highest BCUT2D eigenvalue weighted by Crippen LogP contribution is 2.25. The van der Waals surface area contributed by atoms with Crippen LogP contribution in [0, 0.1) is 23.3 Å². The maximum atomic E-state index is 13.6. The zero-order valence-electron chi connectivity index (χ0n) is 10.2. The summed E-state index contributed by atoms with van der Waals surface area (Å²) in [6.45, 7) is 3.24. The van der Waals surface area contributed by atoms with Gasteiger partial charge >= 0.3 is 0 Å². The SMILES string of the molecule is CCN(CC)Cc1c(F)c(F)c(CO)c(F)c1F. The second-order valence-corrected chi connectivity index (χ2v) is 3.83. The predicted molar refractivity (Wildman–Crippen MR) is 58.8 cm³/mol. The lowest BCUT2D eigenvalue weighted by molar-refractivity contribution is 0.255. The van der Waals surface area contributed by atoms with Gasteiger partial charge in [0, 0.05) is 12.1 Å². The summed E-state index contributed by atoms with van der Waals surface area (Å²) in [5.41, 5.74) is -1.63. The number of hydrogen-bond donors (Lipinski definition) is 1. The summed E-state index contributed by atoms with van der Waals surface area (Å²) in [5, 5.41) is 8.69. The maximum absolute atomic E-state index is 13.6. The number of aliphatic hydroxyl groups is 1. The van der Waals surface area contributed by atoms with Crippen LogP contribution in [0.4, 0.5) is 17.6 Å². The molecule has 0 amide bonds. The molecule has 0 atom stereocenters. The molecule has 2 nitrogen and oxygen atoms in total. The largest absolute Gasteiger partial charge is 0.391 e. The second-order valence-electron chi connectivity index (χ2n) is 3.83. The van der Waals surface area contributed by atoms with E-state index in [1.54, 1.807) is 18.7 Å². The molecule has 18 heavy (non-hydrogen) atoms. The Kier molecular flexibility index (Phi) is 5.10. The van der Waals surface area contributed by atoms with Crippen LogP contribution in [0.2, 0.25) is 0 Å². The molecule has 6 heteroatoms. The Labute approximate surface area is 103 Å². The van der Waals surface area contributed by atoms with E-state index in [4.69, 9.17) is 5.11 Å². The first-order chi connectivity index (χ1) is 8.47. The van der Waals surface area contributed by atoms with Crippen LogP contribution in [0.5, 0.6) is 0 Å². The van der Waals surface area contributed by atoms with Gasteiger partial charge in [-0.1, -0.05) is 13.8 Å². The standard InChI is InChI=1S/C12H15F4NO/c1-3-17(4-2)5-7-9(13)11(15)8(6-18)12(16)10(7)14/h18H,3-6H2,1-2H3. The van der Waals surface area contributed by atoms with Crippen molar-refractivity contribution < 1.29 is 22.7 Å². The molecule has 0 spiro atoms. The van der Waals surface area contributed by atoms with E-state index in [1.807, 2.05) is 0 Å². The molecular formula is C12H15F4NO. The van der Waals surface area contributed by atoms with E-state index in [1.165, 1.54) is 0 Å². The molecule has 0 bridgehead atoms. The Hall–Kier alpha value is -1.14. The van der Waals surface area contributed by atoms with Gasteiger partial charge in [0.2, 0.25) is 0 Å². The van der Waals surface area contributed by atoms with Gasteiger partial charge in [-0.3, -0.25) is 4.90 Å². The molecule has 1 aromatic rings. The monoisotopic (exact) mass is 265 g/mol. The second kappa shape index (κ2) is 6.15. The van der Waals surface area contributed by atoms with Crippen LogP contribution in [-0.2, 0) is 13.2 Å². The Bertz CT molecular complexity index is 404. The van der Waals surface area contributed by atoms with Gasteiger partial charge in [-0.05, 0) is 13.1 Å². The molecule has 1 N–H and O–H groups in total. The smallest absolute Gasteiger partial charge is 0.167 e. The third kappa shape index (κ3) is 2.64. The summed E-state index contributed by atoms with van der Waals surface area (Å²) < 4.78 is 54.0. The Morgan fingerprint density at radius 3 is 1.56 bits per heavy atom. The lowest BCUT2D eigenvalue weighted by Crippen LogP contribution is -2.24. The quantitative estimate of drug-likeness (QED) is 0.653. The summed E-state index contributed by atoms with van der Waals surface area (Å²) in [4.78, 5) is 1.62. The third-order valence-corrected chi connectivity index (χ3v) is 2.88. The molecule has 0 aliphatic carbocycles. The van der Waals surface area contributed by atoms with Crippen molar-refractivity contribution in [3.63, 3.8) is 0 Å². The van der Waals surface area contributed by atoms with Crippen LogP contribution < -0.4 is 0 Å². The zero-order chi connectivity index (χ0) is 13.9. The number of rotatable bonds is 5. The van der Waals surface area contributed by atoms with Crippen LogP contribution >= 0.6 is 0 Å². The van der Waals surface area contributed by atoms with Crippen molar-refractivity contribution in [3.05, 3.63) is 34.4 Å². The minimum atomic E-state index is -1.53. The van der Waals surface area contributed by atoms with Gasteiger partial charge in [0.25, 0.3) is 0 Å². The molecule has 0 fully saturated rings.